The standard InChI is InChI=1S/C19H25N3O3S/c1-13(9-10-16-7-5-4-6-8-16)20-18(23)12-26-15(3)19(24)21-17-11-14(2)25-22-17/h4-8,11,13,15H,9-10,12H2,1-3H3,(H,20,23)(H,21,22,24). The van der Waals surface area contributed by atoms with Crippen LogP contribution in [-0.2, 0) is 16.0 Å². The van der Waals surface area contributed by atoms with Gasteiger partial charge in [0.15, 0.2) is 5.82 Å². The lowest BCUT2D eigenvalue weighted by Crippen LogP contribution is -2.35. The van der Waals surface area contributed by atoms with Gasteiger partial charge in [0.05, 0.1) is 11.0 Å². The molecule has 0 bridgehead atoms. The van der Waals surface area contributed by atoms with Crippen molar-refractivity contribution in [3.05, 3.63) is 47.7 Å². The fourth-order valence-corrected chi connectivity index (χ4v) is 3.04. The molecule has 2 rings (SSSR count). The summed E-state index contributed by atoms with van der Waals surface area (Å²) in [5, 5.41) is 9.01. The monoisotopic (exact) mass is 375 g/mol. The molecule has 0 aliphatic carbocycles. The quantitative estimate of drug-likeness (QED) is 0.703. The Kier molecular flexibility index (Phi) is 7.72. The van der Waals surface area contributed by atoms with Gasteiger partial charge in [-0.3, -0.25) is 9.59 Å². The number of aromatic nitrogens is 1. The van der Waals surface area contributed by atoms with E-state index in [-0.39, 0.29) is 28.9 Å². The topological polar surface area (TPSA) is 84.2 Å². The molecular weight excluding hydrogens is 350 g/mol. The second kappa shape index (κ2) is 10.0. The van der Waals surface area contributed by atoms with Gasteiger partial charge < -0.3 is 15.2 Å². The van der Waals surface area contributed by atoms with E-state index in [1.54, 1.807) is 19.9 Å². The van der Waals surface area contributed by atoms with Crippen LogP contribution >= 0.6 is 11.8 Å². The largest absolute Gasteiger partial charge is 0.360 e. The summed E-state index contributed by atoms with van der Waals surface area (Å²) in [4.78, 5) is 24.1. The second-order valence-corrected chi connectivity index (χ2v) is 7.59. The molecule has 0 saturated heterocycles. The average Bonchev–Trinajstić information content (AvgIpc) is 3.03. The van der Waals surface area contributed by atoms with E-state index in [1.807, 2.05) is 25.1 Å². The van der Waals surface area contributed by atoms with Crippen molar-refractivity contribution in [2.75, 3.05) is 11.1 Å². The zero-order valence-electron chi connectivity index (χ0n) is 15.3. The van der Waals surface area contributed by atoms with Gasteiger partial charge in [-0.25, -0.2) is 0 Å². The van der Waals surface area contributed by atoms with Crippen molar-refractivity contribution >= 4 is 29.4 Å². The van der Waals surface area contributed by atoms with Gasteiger partial charge in [0, 0.05) is 12.1 Å². The Hall–Kier alpha value is -2.28. The molecule has 1 aromatic carbocycles. The van der Waals surface area contributed by atoms with Crippen LogP contribution in [0, 0.1) is 6.92 Å². The van der Waals surface area contributed by atoms with Gasteiger partial charge in [-0.2, -0.15) is 0 Å². The molecule has 0 aliphatic rings. The molecule has 1 aromatic heterocycles. The molecule has 6 nitrogen and oxygen atoms in total. The molecule has 2 atom stereocenters. The summed E-state index contributed by atoms with van der Waals surface area (Å²) in [7, 11) is 0. The Morgan fingerprint density at radius 1 is 1.23 bits per heavy atom. The highest BCUT2D eigenvalue weighted by Crippen LogP contribution is 2.14. The molecule has 0 saturated carbocycles. The molecule has 0 radical (unpaired) electrons. The predicted octanol–water partition coefficient (Wildman–Crippen LogP) is 3.18. The van der Waals surface area contributed by atoms with Gasteiger partial charge >= 0.3 is 0 Å². The Labute approximate surface area is 158 Å². The molecule has 2 aromatic rings. The minimum atomic E-state index is -0.364. The molecule has 2 unspecified atom stereocenters. The van der Waals surface area contributed by atoms with E-state index < -0.39 is 0 Å². The van der Waals surface area contributed by atoms with E-state index in [0.29, 0.717) is 11.6 Å². The van der Waals surface area contributed by atoms with Gasteiger partial charge in [0.2, 0.25) is 11.8 Å². The van der Waals surface area contributed by atoms with E-state index in [2.05, 4.69) is 27.9 Å². The third-order valence-corrected chi connectivity index (χ3v) is 4.97. The van der Waals surface area contributed by atoms with E-state index in [4.69, 9.17) is 4.52 Å². The molecule has 0 aliphatic heterocycles. The lowest BCUT2D eigenvalue weighted by Gasteiger charge is -2.15. The maximum atomic E-state index is 12.1. The van der Waals surface area contributed by atoms with E-state index in [9.17, 15) is 9.59 Å². The molecule has 0 spiro atoms. The summed E-state index contributed by atoms with van der Waals surface area (Å²) in [5.41, 5.74) is 1.26. The van der Waals surface area contributed by atoms with Crippen molar-refractivity contribution in [3.8, 4) is 0 Å². The number of hydrogen-bond donors (Lipinski definition) is 2. The summed E-state index contributed by atoms with van der Waals surface area (Å²) < 4.78 is 4.91. The third-order valence-electron chi connectivity index (χ3n) is 3.83. The van der Waals surface area contributed by atoms with E-state index >= 15 is 0 Å². The summed E-state index contributed by atoms with van der Waals surface area (Å²) in [5.74, 6) is 0.992. The van der Waals surface area contributed by atoms with Crippen LogP contribution in [0.1, 0.15) is 31.6 Å². The second-order valence-electron chi connectivity index (χ2n) is 6.26. The molecule has 0 fully saturated rings. The number of carbonyl (C=O) groups excluding carboxylic acids is 2. The maximum Gasteiger partial charge on any atom is 0.238 e. The van der Waals surface area contributed by atoms with Crippen LogP contribution in [0.2, 0.25) is 0 Å². The minimum Gasteiger partial charge on any atom is -0.360 e. The number of nitrogens with zero attached hydrogens (tertiary/aromatic N) is 1. The number of aryl methyl sites for hydroxylation is 2. The molecule has 2 amide bonds. The van der Waals surface area contributed by atoms with Crippen LogP contribution in [0.3, 0.4) is 0 Å². The summed E-state index contributed by atoms with van der Waals surface area (Å²) in [6.45, 7) is 5.51. The number of carbonyl (C=O) groups is 2. The predicted molar refractivity (Wildman–Crippen MR) is 104 cm³/mol. The van der Waals surface area contributed by atoms with Crippen molar-refractivity contribution in [2.24, 2.45) is 0 Å². The number of nitrogens with one attached hydrogen (secondary N) is 2. The summed E-state index contributed by atoms with van der Waals surface area (Å²) in [6, 6.07) is 11.9. The number of amides is 2. The highest BCUT2D eigenvalue weighted by Gasteiger charge is 2.17. The average molecular weight is 375 g/mol. The van der Waals surface area contributed by atoms with Crippen molar-refractivity contribution in [1.29, 1.82) is 0 Å². The van der Waals surface area contributed by atoms with Crippen LogP contribution in [0.25, 0.3) is 0 Å². The zero-order valence-corrected chi connectivity index (χ0v) is 16.1. The molecule has 26 heavy (non-hydrogen) atoms. The number of anilines is 1. The van der Waals surface area contributed by atoms with Gasteiger partial charge in [0.25, 0.3) is 0 Å². The number of benzene rings is 1. The number of rotatable bonds is 9. The number of thioether (sulfide) groups is 1. The van der Waals surface area contributed by atoms with Crippen molar-refractivity contribution in [2.45, 2.75) is 44.9 Å². The molecular formula is C19H25N3O3S. The van der Waals surface area contributed by atoms with Gasteiger partial charge in [-0.15, -0.1) is 11.8 Å². The van der Waals surface area contributed by atoms with Gasteiger partial charge in [-0.1, -0.05) is 35.5 Å². The van der Waals surface area contributed by atoms with Crippen molar-refractivity contribution in [1.82, 2.24) is 10.5 Å². The van der Waals surface area contributed by atoms with Crippen LogP contribution in [0.4, 0.5) is 5.82 Å². The van der Waals surface area contributed by atoms with Crippen LogP contribution < -0.4 is 10.6 Å². The molecule has 1 heterocycles. The Bertz CT molecular complexity index is 718. The smallest absolute Gasteiger partial charge is 0.238 e. The van der Waals surface area contributed by atoms with Crippen molar-refractivity contribution < 1.29 is 14.1 Å². The normalized spacial score (nSPS) is 13.0. The summed E-state index contributed by atoms with van der Waals surface area (Å²) in [6.07, 6.45) is 1.80. The Morgan fingerprint density at radius 3 is 2.62 bits per heavy atom. The van der Waals surface area contributed by atoms with E-state index in [1.165, 1.54) is 17.3 Å². The highest BCUT2D eigenvalue weighted by molar-refractivity contribution is 8.01. The van der Waals surface area contributed by atoms with Crippen LogP contribution in [0.15, 0.2) is 40.9 Å². The first-order valence-electron chi connectivity index (χ1n) is 8.63. The highest BCUT2D eigenvalue weighted by atomic mass is 32.2. The van der Waals surface area contributed by atoms with Crippen molar-refractivity contribution in [3.63, 3.8) is 0 Å². The first kappa shape index (κ1) is 20.0. The fraction of sp³-hybridized carbons (Fsp3) is 0.421. The van der Waals surface area contributed by atoms with Crippen LogP contribution in [-0.4, -0.2) is 34.0 Å². The van der Waals surface area contributed by atoms with Gasteiger partial charge in [-0.05, 0) is 39.2 Å². The lowest BCUT2D eigenvalue weighted by atomic mass is 10.1. The number of hydrogen-bond acceptors (Lipinski definition) is 5. The Morgan fingerprint density at radius 2 is 1.96 bits per heavy atom. The maximum absolute atomic E-state index is 12.1. The van der Waals surface area contributed by atoms with E-state index in [0.717, 1.165) is 12.8 Å². The first-order chi connectivity index (χ1) is 12.4. The lowest BCUT2D eigenvalue weighted by molar-refractivity contribution is -0.119. The van der Waals surface area contributed by atoms with Crippen LogP contribution in [0.5, 0.6) is 0 Å². The Balaban J connectivity index is 1.66. The van der Waals surface area contributed by atoms with Gasteiger partial charge in [0.1, 0.15) is 5.76 Å². The minimum absolute atomic E-state index is 0.0625. The SMILES string of the molecule is Cc1cc(NC(=O)C(C)SCC(=O)NC(C)CCc2ccccc2)no1. The molecule has 140 valence electrons. The molecule has 2 N–H and O–H groups in total. The first-order valence-corrected chi connectivity index (χ1v) is 9.68. The fourth-order valence-electron chi connectivity index (χ4n) is 2.35. The summed E-state index contributed by atoms with van der Waals surface area (Å²) >= 11 is 1.29. The third kappa shape index (κ3) is 6.92. The zero-order chi connectivity index (χ0) is 18.9. The molecule has 7 heteroatoms.